The Kier molecular flexibility index (Phi) is 4.51. The number of halogens is 1. The van der Waals surface area contributed by atoms with Crippen LogP contribution in [-0.4, -0.2) is 26.7 Å². The maximum Gasteiger partial charge on any atom is 0.126 e. The summed E-state index contributed by atoms with van der Waals surface area (Å²) in [7, 11) is 1.94. The molecule has 0 saturated carbocycles. The minimum atomic E-state index is -0.0636. The van der Waals surface area contributed by atoms with Gasteiger partial charge in [0.15, 0.2) is 0 Å². The fraction of sp³-hybridized carbons (Fsp3) is 0.571. The Bertz CT molecular complexity index is 348. The Labute approximate surface area is 103 Å². The molecule has 1 aliphatic heterocycles. The number of likely N-dealkylation sites (N-methyl/N-ethyl adjacent to an activating group) is 1. The lowest BCUT2D eigenvalue weighted by Crippen LogP contribution is -2.34. The molecular formula is C14H21FN2. The molecule has 1 saturated heterocycles. The van der Waals surface area contributed by atoms with Crippen LogP contribution in [0.3, 0.4) is 0 Å². The van der Waals surface area contributed by atoms with Crippen molar-refractivity contribution in [1.82, 2.24) is 10.6 Å². The first-order valence-corrected chi connectivity index (χ1v) is 6.42. The van der Waals surface area contributed by atoms with Crippen LogP contribution in [-0.2, 0) is 0 Å². The molecule has 1 atom stereocenters. The molecule has 0 bridgehead atoms. The summed E-state index contributed by atoms with van der Waals surface area (Å²) in [6, 6.07) is 7.19. The molecule has 1 aliphatic rings. The highest BCUT2D eigenvalue weighted by Crippen LogP contribution is 2.31. The molecule has 0 spiro atoms. The quantitative estimate of drug-likeness (QED) is 0.837. The zero-order valence-corrected chi connectivity index (χ0v) is 10.4. The van der Waals surface area contributed by atoms with Crippen LogP contribution in [0.2, 0.25) is 0 Å². The molecule has 0 aromatic heterocycles. The Hall–Kier alpha value is -0.930. The molecule has 1 unspecified atom stereocenters. The van der Waals surface area contributed by atoms with Crippen molar-refractivity contribution in [1.29, 1.82) is 0 Å². The monoisotopic (exact) mass is 236 g/mol. The van der Waals surface area contributed by atoms with Gasteiger partial charge in [0.25, 0.3) is 0 Å². The van der Waals surface area contributed by atoms with Crippen LogP contribution >= 0.6 is 0 Å². The molecule has 1 heterocycles. The van der Waals surface area contributed by atoms with Crippen molar-refractivity contribution in [2.24, 2.45) is 5.92 Å². The maximum atomic E-state index is 13.9. The van der Waals surface area contributed by atoms with Crippen molar-refractivity contribution in [3.05, 3.63) is 35.6 Å². The first-order valence-electron chi connectivity index (χ1n) is 6.42. The summed E-state index contributed by atoms with van der Waals surface area (Å²) < 4.78 is 13.9. The van der Waals surface area contributed by atoms with E-state index in [1.807, 2.05) is 19.2 Å². The SMILES string of the molecule is CNCC(c1ccccc1F)C1CCNCC1. The van der Waals surface area contributed by atoms with Gasteiger partial charge < -0.3 is 10.6 Å². The second-order valence-electron chi connectivity index (χ2n) is 4.77. The highest BCUT2D eigenvalue weighted by molar-refractivity contribution is 5.23. The van der Waals surface area contributed by atoms with Crippen LogP contribution in [0, 0.1) is 11.7 Å². The van der Waals surface area contributed by atoms with Gasteiger partial charge in [0.05, 0.1) is 0 Å². The van der Waals surface area contributed by atoms with Crippen molar-refractivity contribution in [2.75, 3.05) is 26.7 Å². The van der Waals surface area contributed by atoms with Crippen LogP contribution in [0.1, 0.15) is 24.3 Å². The molecule has 2 N–H and O–H groups in total. The van der Waals surface area contributed by atoms with E-state index in [1.165, 1.54) is 0 Å². The molecule has 94 valence electrons. The van der Waals surface area contributed by atoms with E-state index in [4.69, 9.17) is 0 Å². The van der Waals surface area contributed by atoms with E-state index < -0.39 is 0 Å². The third-order valence-electron chi connectivity index (χ3n) is 3.68. The summed E-state index contributed by atoms with van der Waals surface area (Å²) >= 11 is 0. The van der Waals surface area contributed by atoms with Gasteiger partial charge in [-0.25, -0.2) is 4.39 Å². The fourth-order valence-corrected chi connectivity index (χ4v) is 2.77. The van der Waals surface area contributed by atoms with E-state index in [0.717, 1.165) is 38.0 Å². The molecule has 2 nitrogen and oxygen atoms in total. The van der Waals surface area contributed by atoms with Crippen molar-refractivity contribution in [3.63, 3.8) is 0 Å². The van der Waals surface area contributed by atoms with Gasteiger partial charge in [0.1, 0.15) is 5.82 Å². The molecule has 3 heteroatoms. The third-order valence-corrected chi connectivity index (χ3v) is 3.68. The lowest BCUT2D eigenvalue weighted by Gasteiger charge is -2.31. The number of piperidine rings is 1. The zero-order chi connectivity index (χ0) is 12.1. The molecule has 1 fully saturated rings. The summed E-state index contributed by atoms with van der Waals surface area (Å²) in [5.74, 6) is 0.815. The van der Waals surface area contributed by atoms with Gasteiger partial charge in [-0.05, 0) is 50.5 Å². The number of hydrogen-bond donors (Lipinski definition) is 2. The fourth-order valence-electron chi connectivity index (χ4n) is 2.77. The van der Waals surface area contributed by atoms with E-state index in [0.29, 0.717) is 11.8 Å². The van der Waals surface area contributed by atoms with Crippen LogP contribution in [0.5, 0.6) is 0 Å². The van der Waals surface area contributed by atoms with Crippen molar-refractivity contribution in [2.45, 2.75) is 18.8 Å². The van der Waals surface area contributed by atoms with E-state index in [1.54, 1.807) is 12.1 Å². The first kappa shape index (κ1) is 12.5. The van der Waals surface area contributed by atoms with E-state index in [9.17, 15) is 4.39 Å². The average molecular weight is 236 g/mol. The van der Waals surface area contributed by atoms with Gasteiger partial charge in [-0.1, -0.05) is 18.2 Å². The van der Waals surface area contributed by atoms with Crippen LogP contribution < -0.4 is 10.6 Å². The molecule has 1 aromatic rings. The van der Waals surface area contributed by atoms with Crippen LogP contribution in [0.25, 0.3) is 0 Å². The predicted molar refractivity (Wildman–Crippen MR) is 68.7 cm³/mol. The normalized spacial score (nSPS) is 19.2. The van der Waals surface area contributed by atoms with Gasteiger partial charge in [-0.3, -0.25) is 0 Å². The average Bonchev–Trinajstić information content (AvgIpc) is 2.38. The highest BCUT2D eigenvalue weighted by Gasteiger charge is 2.26. The standard InChI is InChI=1S/C14H21FN2/c1-16-10-13(11-6-8-17-9-7-11)12-4-2-3-5-14(12)15/h2-5,11,13,16-17H,6-10H2,1H3. The van der Waals surface area contributed by atoms with Crippen LogP contribution in [0.15, 0.2) is 24.3 Å². The van der Waals surface area contributed by atoms with Gasteiger partial charge in [0, 0.05) is 12.5 Å². The minimum Gasteiger partial charge on any atom is -0.319 e. The number of benzene rings is 1. The van der Waals surface area contributed by atoms with Gasteiger partial charge >= 0.3 is 0 Å². The summed E-state index contributed by atoms with van der Waals surface area (Å²) in [4.78, 5) is 0. The van der Waals surface area contributed by atoms with Crippen LogP contribution in [0.4, 0.5) is 4.39 Å². The molecule has 0 amide bonds. The summed E-state index contributed by atoms with van der Waals surface area (Å²) in [6.45, 7) is 2.96. The third kappa shape index (κ3) is 3.05. The number of hydrogen-bond acceptors (Lipinski definition) is 2. The Morgan fingerprint density at radius 2 is 2.06 bits per heavy atom. The Balaban J connectivity index is 2.18. The second kappa shape index (κ2) is 6.12. The molecule has 0 aliphatic carbocycles. The van der Waals surface area contributed by atoms with E-state index in [-0.39, 0.29) is 5.82 Å². The van der Waals surface area contributed by atoms with Gasteiger partial charge in [0.2, 0.25) is 0 Å². The summed E-state index contributed by atoms with van der Waals surface area (Å²) in [5.41, 5.74) is 0.869. The molecule has 17 heavy (non-hydrogen) atoms. The summed E-state index contributed by atoms with van der Waals surface area (Å²) in [6.07, 6.45) is 2.28. The zero-order valence-electron chi connectivity index (χ0n) is 10.4. The van der Waals surface area contributed by atoms with Crippen molar-refractivity contribution in [3.8, 4) is 0 Å². The molecule has 1 aromatic carbocycles. The number of rotatable bonds is 4. The number of nitrogens with one attached hydrogen (secondary N) is 2. The van der Waals surface area contributed by atoms with E-state index in [2.05, 4.69) is 10.6 Å². The smallest absolute Gasteiger partial charge is 0.126 e. The Morgan fingerprint density at radius 3 is 2.71 bits per heavy atom. The van der Waals surface area contributed by atoms with Crippen molar-refractivity contribution < 1.29 is 4.39 Å². The maximum absolute atomic E-state index is 13.9. The van der Waals surface area contributed by atoms with Crippen molar-refractivity contribution >= 4 is 0 Å². The topological polar surface area (TPSA) is 24.1 Å². The molecule has 0 radical (unpaired) electrons. The molecular weight excluding hydrogens is 215 g/mol. The lowest BCUT2D eigenvalue weighted by molar-refractivity contribution is 0.308. The molecule has 2 rings (SSSR count). The van der Waals surface area contributed by atoms with Gasteiger partial charge in [-0.15, -0.1) is 0 Å². The lowest BCUT2D eigenvalue weighted by atomic mass is 9.80. The largest absolute Gasteiger partial charge is 0.319 e. The first-order chi connectivity index (χ1) is 8.33. The summed E-state index contributed by atoms with van der Waals surface area (Å²) in [5, 5.41) is 6.57. The second-order valence-corrected chi connectivity index (χ2v) is 4.77. The minimum absolute atomic E-state index is 0.0636. The van der Waals surface area contributed by atoms with E-state index >= 15 is 0 Å². The Morgan fingerprint density at radius 1 is 1.35 bits per heavy atom. The predicted octanol–water partition coefficient (Wildman–Crippen LogP) is 2.13. The highest BCUT2D eigenvalue weighted by atomic mass is 19.1. The van der Waals surface area contributed by atoms with Gasteiger partial charge in [-0.2, -0.15) is 0 Å².